The summed E-state index contributed by atoms with van der Waals surface area (Å²) in [4.78, 5) is 12.4. The fourth-order valence-corrected chi connectivity index (χ4v) is 5.23. The number of nitrogens with one attached hydrogen (secondary N) is 2. The predicted molar refractivity (Wildman–Crippen MR) is 121 cm³/mol. The van der Waals surface area contributed by atoms with Gasteiger partial charge in [0.25, 0.3) is 0 Å². The van der Waals surface area contributed by atoms with Crippen molar-refractivity contribution < 1.29 is 13.2 Å². The minimum absolute atomic E-state index is 0.0807. The Morgan fingerprint density at radius 2 is 1.53 bits per heavy atom. The summed E-state index contributed by atoms with van der Waals surface area (Å²) in [7, 11) is -3.95. The molecular weight excluding hydrogens is 443 g/mol. The second-order valence-corrected chi connectivity index (χ2v) is 9.39. The van der Waals surface area contributed by atoms with Crippen molar-refractivity contribution in [2.75, 3.05) is 17.2 Å². The van der Waals surface area contributed by atoms with Crippen LogP contribution < -0.4 is 10.6 Å². The van der Waals surface area contributed by atoms with Gasteiger partial charge in [0.1, 0.15) is 4.90 Å². The van der Waals surface area contributed by atoms with Crippen LogP contribution in [0.15, 0.2) is 70.5 Å². The Balaban J connectivity index is 1.89. The van der Waals surface area contributed by atoms with Crippen molar-refractivity contribution in [3.8, 4) is 0 Å². The van der Waals surface area contributed by atoms with Crippen molar-refractivity contribution >= 4 is 50.3 Å². The number of carbonyl (C=O) groups is 1. The Labute approximate surface area is 185 Å². The first kappa shape index (κ1) is 22.2. The molecule has 2 N–H and O–H groups in total. The molecule has 5 nitrogen and oxygen atoms in total. The highest BCUT2D eigenvalue weighted by atomic mass is 35.5. The highest BCUT2D eigenvalue weighted by Gasteiger charge is 2.26. The number of hydrogen-bond donors (Lipinski definition) is 2. The molecule has 0 aliphatic heterocycles. The van der Waals surface area contributed by atoms with Crippen LogP contribution in [-0.2, 0) is 14.6 Å². The Bertz CT molecular complexity index is 1180. The SMILES string of the molecule is Cc1cccc(C)c1NC(=O)CNc1ccc(Cl)c(Cl)c1S(=O)(=O)c1ccccc1. The molecule has 0 fully saturated rings. The van der Waals surface area contributed by atoms with Crippen molar-refractivity contribution in [1.82, 2.24) is 0 Å². The molecule has 3 aromatic carbocycles. The number of carbonyl (C=O) groups excluding carboxylic acids is 1. The highest BCUT2D eigenvalue weighted by molar-refractivity contribution is 7.91. The van der Waals surface area contributed by atoms with Crippen LogP contribution in [0.2, 0.25) is 10.0 Å². The molecule has 0 saturated heterocycles. The molecule has 8 heteroatoms. The zero-order valence-corrected chi connectivity index (χ0v) is 18.7. The molecular formula is C22H20Cl2N2O3S. The van der Waals surface area contributed by atoms with Crippen LogP contribution in [-0.4, -0.2) is 20.9 Å². The van der Waals surface area contributed by atoms with Gasteiger partial charge in [-0.3, -0.25) is 4.79 Å². The lowest BCUT2D eigenvalue weighted by atomic mass is 10.1. The number of amides is 1. The third-order valence-corrected chi connectivity index (χ3v) is 7.33. The average Bonchev–Trinajstić information content (AvgIpc) is 2.72. The third-order valence-electron chi connectivity index (χ3n) is 4.56. The number of rotatable bonds is 6. The zero-order chi connectivity index (χ0) is 21.9. The molecule has 0 aromatic heterocycles. The maximum atomic E-state index is 13.2. The van der Waals surface area contributed by atoms with Gasteiger partial charge in [-0.05, 0) is 49.2 Å². The first-order chi connectivity index (χ1) is 14.2. The lowest BCUT2D eigenvalue weighted by molar-refractivity contribution is -0.114. The van der Waals surface area contributed by atoms with Crippen LogP contribution in [0.5, 0.6) is 0 Å². The van der Waals surface area contributed by atoms with Crippen molar-refractivity contribution in [1.29, 1.82) is 0 Å². The van der Waals surface area contributed by atoms with E-state index in [1.165, 1.54) is 24.3 Å². The number of benzene rings is 3. The van der Waals surface area contributed by atoms with Gasteiger partial charge in [0.2, 0.25) is 15.7 Å². The van der Waals surface area contributed by atoms with Crippen LogP contribution in [0.3, 0.4) is 0 Å². The van der Waals surface area contributed by atoms with E-state index in [1.54, 1.807) is 18.2 Å². The summed E-state index contributed by atoms with van der Waals surface area (Å²) in [6.45, 7) is 3.65. The molecule has 3 aromatic rings. The van der Waals surface area contributed by atoms with Gasteiger partial charge < -0.3 is 10.6 Å². The normalized spacial score (nSPS) is 11.2. The molecule has 0 atom stereocenters. The smallest absolute Gasteiger partial charge is 0.243 e. The van der Waals surface area contributed by atoms with Gasteiger partial charge in [0.05, 0.1) is 27.2 Å². The van der Waals surface area contributed by atoms with Crippen molar-refractivity contribution in [3.63, 3.8) is 0 Å². The Morgan fingerprint density at radius 1 is 0.900 bits per heavy atom. The number of halogens is 2. The highest BCUT2D eigenvalue weighted by Crippen LogP contribution is 2.38. The van der Waals surface area contributed by atoms with E-state index < -0.39 is 9.84 Å². The molecule has 0 saturated carbocycles. The standard InChI is InChI=1S/C22H20Cl2N2O3S/c1-14-7-6-8-15(2)21(14)26-19(27)13-25-18-12-11-17(23)20(24)22(18)30(28,29)16-9-4-3-5-10-16/h3-12,25H,13H2,1-2H3,(H,26,27). The molecule has 0 aliphatic carbocycles. The van der Waals surface area contributed by atoms with Crippen LogP contribution >= 0.6 is 23.2 Å². The van der Waals surface area contributed by atoms with Crippen LogP contribution in [0, 0.1) is 13.8 Å². The van der Waals surface area contributed by atoms with E-state index in [-0.39, 0.29) is 38.0 Å². The topological polar surface area (TPSA) is 75.3 Å². The predicted octanol–water partition coefficient (Wildman–Crippen LogP) is 5.49. The Hall–Kier alpha value is -2.54. The van der Waals surface area contributed by atoms with E-state index in [0.717, 1.165) is 16.8 Å². The molecule has 0 radical (unpaired) electrons. The van der Waals surface area contributed by atoms with Gasteiger partial charge in [-0.25, -0.2) is 8.42 Å². The molecule has 1 amide bonds. The summed E-state index contributed by atoms with van der Waals surface area (Å²) >= 11 is 12.3. The minimum Gasteiger partial charge on any atom is -0.375 e. The summed E-state index contributed by atoms with van der Waals surface area (Å²) in [5.74, 6) is -0.318. The lowest BCUT2D eigenvalue weighted by Gasteiger charge is -2.16. The van der Waals surface area contributed by atoms with E-state index >= 15 is 0 Å². The molecule has 156 valence electrons. The van der Waals surface area contributed by atoms with E-state index in [0.29, 0.717) is 0 Å². The molecule has 0 bridgehead atoms. The number of anilines is 2. The summed E-state index contributed by atoms with van der Waals surface area (Å²) in [5, 5.41) is 5.75. The van der Waals surface area contributed by atoms with E-state index in [1.807, 2.05) is 32.0 Å². The van der Waals surface area contributed by atoms with E-state index in [4.69, 9.17) is 23.2 Å². The zero-order valence-electron chi connectivity index (χ0n) is 16.4. The number of para-hydroxylation sites is 1. The van der Waals surface area contributed by atoms with E-state index in [2.05, 4.69) is 10.6 Å². The first-order valence-corrected chi connectivity index (χ1v) is 11.3. The fraction of sp³-hybridized carbons (Fsp3) is 0.136. The lowest BCUT2D eigenvalue weighted by Crippen LogP contribution is -2.23. The monoisotopic (exact) mass is 462 g/mol. The van der Waals surface area contributed by atoms with E-state index in [9.17, 15) is 13.2 Å². The number of aryl methyl sites for hydroxylation is 2. The molecule has 0 spiro atoms. The second kappa shape index (κ2) is 9.08. The van der Waals surface area contributed by atoms with Gasteiger partial charge in [-0.2, -0.15) is 0 Å². The fourth-order valence-electron chi connectivity index (χ4n) is 3.02. The molecule has 0 heterocycles. The van der Waals surface area contributed by atoms with Gasteiger partial charge in [-0.1, -0.05) is 59.6 Å². The molecule has 0 unspecified atom stereocenters. The summed E-state index contributed by atoms with van der Waals surface area (Å²) in [6, 6.07) is 16.6. The maximum Gasteiger partial charge on any atom is 0.243 e. The largest absolute Gasteiger partial charge is 0.375 e. The van der Waals surface area contributed by atoms with Crippen molar-refractivity contribution in [2.45, 2.75) is 23.6 Å². The first-order valence-electron chi connectivity index (χ1n) is 9.10. The van der Waals surface area contributed by atoms with Gasteiger partial charge in [0.15, 0.2) is 0 Å². The van der Waals surface area contributed by atoms with Gasteiger partial charge >= 0.3 is 0 Å². The minimum atomic E-state index is -3.95. The maximum absolute atomic E-state index is 13.2. The summed E-state index contributed by atoms with van der Waals surface area (Å²) in [5.41, 5.74) is 2.80. The number of sulfone groups is 1. The van der Waals surface area contributed by atoms with Crippen LogP contribution in [0.4, 0.5) is 11.4 Å². The third kappa shape index (κ3) is 4.61. The number of hydrogen-bond acceptors (Lipinski definition) is 4. The molecule has 0 aliphatic rings. The van der Waals surface area contributed by atoms with Crippen molar-refractivity contribution in [2.24, 2.45) is 0 Å². The van der Waals surface area contributed by atoms with Gasteiger partial charge in [0, 0.05) is 5.69 Å². The van der Waals surface area contributed by atoms with Crippen molar-refractivity contribution in [3.05, 3.63) is 81.8 Å². The van der Waals surface area contributed by atoms with Gasteiger partial charge in [-0.15, -0.1) is 0 Å². The molecule has 30 heavy (non-hydrogen) atoms. The molecule has 3 rings (SSSR count). The summed E-state index contributed by atoms with van der Waals surface area (Å²) in [6.07, 6.45) is 0. The van der Waals surface area contributed by atoms with Crippen LogP contribution in [0.1, 0.15) is 11.1 Å². The quantitative estimate of drug-likeness (QED) is 0.507. The second-order valence-electron chi connectivity index (χ2n) is 6.72. The van der Waals surface area contributed by atoms with Crippen LogP contribution in [0.25, 0.3) is 0 Å². The Kier molecular flexibility index (Phi) is 6.71. The average molecular weight is 463 g/mol. The Morgan fingerprint density at radius 3 is 2.17 bits per heavy atom. The summed E-state index contributed by atoms with van der Waals surface area (Å²) < 4.78 is 26.3.